The quantitative estimate of drug-likeness (QED) is 0.641. The summed E-state index contributed by atoms with van der Waals surface area (Å²) in [6, 6.07) is 6.37. The highest BCUT2D eigenvalue weighted by Crippen LogP contribution is 2.12. The van der Waals surface area contributed by atoms with E-state index in [0.717, 1.165) is 13.0 Å². The SMILES string of the molecule is Cc1cccc(CCO[Si])c1C. The first-order valence-electron chi connectivity index (χ1n) is 4.09. The Morgan fingerprint density at radius 1 is 1.33 bits per heavy atom. The number of aryl methyl sites for hydroxylation is 1. The summed E-state index contributed by atoms with van der Waals surface area (Å²) in [5.41, 5.74) is 4.09. The summed E-state index contributed by atoms with van der Waals surface area (Å²) in [6.07, 6.45) is 0.969. The van der Waals surface area contributed by atoms with Crippen LogP contribution >= 0.6 is 0 Å². The minimum Gasteiger partial charge on any atom is -0.418 e. The van der Waals surface area contributed by atoms with E-state index in [0.29, 0.717) is 0 Å². The summed E-state index contributed by atoms with van der Waals surface area (Å²) in [5, 5.41) is 0. The molecule has 0 unspecified atom stereocenters. The van der Waals surface area contributed by atoms with Gasteiger partial charge in [0.2, 0.25) is 10.5 Å². The minimum absolute atomic E-state index is 0.723. The van der Waals surface area contributed by atoms with Crippen molar-refractivity contribution in [2.24, 2.45) is 0 Å². The predicted octanol–water partition coefficient (Wildman–Crippen LogP) is 1.95. The summed E-state index contributed by atoms with van der Waals surface area (Å²) >= 11 is 0. The van der Waals surface area contributed by atoms with Crippen molar-refractivity contribution < 1.29 is 4.43 Å². The Morgan fingerprint density at radius 2 is 2.08 bits per heavy atom. The Morgan fingerprint density at radius 3 is 2.75 bits per heavy atom. The number of benzene rings is 1. The molecule has 0 spiro atoms. The molecule has 0 aromatic heterocycles. The van der Waals surface area contributed by atoms with E-state index in [4.69, 9.17) is 4.43 Å². The van der Waals surface area contributed by atoms with Gasteiger partial charge in [-0.25, -0.2) is 0 Å². The van der Waals surface area contributed by atoms with Crippen molar-refractivity contribution in [2.45, 2.75) is 20.3 Å². The maximum atomic E-state index is 4.85. The van der Waals surface area contributed by atoms with Crippen LogP contribution in [0.25, 0.3) is 0 Å². The van der Waals surface area contributed by atoms with Crippen LogP contribution in [0.3, 0.4) is 0 Å². The molecule has 1 aromatic carbocycles. The van der Waals surface area contributed by atoms with Crippen molar-refractivity contribution in [3.63, 3.8) is 0 Å². The zero-order valence-corrected chi connectivity index (χ0v) is 8.55. The summed E-state index contributed by atoms with van der Waals surface area (Å²) in [4.78, 5) is 0. The van der Waals surface area contributed by atoms with Gasteiger partial charge in [0, 0.05) is 6.61 Å². The Kier molecular flexibility index (Phi) is 3.50. The Bertz CT molecular complexity index is 258. The van der Waals surface area contributed by atoms with Crippen LogP contribution in [-0.4, -0.2) is 17.1 Å². The van der Waals surface area contributed by atoms with Gasteiger partial charge < -0.3 is 4.43 Å². The summed E-state index contributed by atoms with van der Waals surface area (Å²) in [5.74, 6) is 0. The molecule has 1 aromatic rings. The van der Waals surface area contributed by atoms with Gasteiger partial charge in [0.15, 0.2) is 0 Å². The summed E-state index contributed by atoms with van der Waals surface area (Å²) < 4.78 is 4.85. The molecule has 0 aliphatic carbocycles. The first-order valence-corrected chi connectivity index (χ1v) is 4.50. The van der Waals surface area contributed by atoms with E-state index < -0.39 is 0 Å². The Hall–Kier alpha value is -0.603. The van der Waals surface area contributed by atoms with Crippen LogP contribution in [0.4, 0.5) is 0 Å². The highest BCUT2D eigenvalue weighted by Gasteiger charge is 1.98. The van der Waals surface area contributed by atoms with Crippen LogP contribution in [0.2, 0.25) is 0 Å². The summed E-state index contributed by atoms with van der Waals surface area (Å²) in [6.45, 7) is 5.01. The normalized spacial score (nSPS) is 10.2. The van der Waals surface area contributed by atoms with E-state index in [1.165, 1.54) is 16.7 Å². The first kappa shape index (κ1) is 9.48. The smallest absolute Gasteiger partial charge is 0.246 e. The van der Waals surface area contributed by atoms with E-state index in [-0.39, 0.29) is 0 Å². The molecule has 0 aliphatic rings. The van der Waals surface area contributed by atoms with Crippen molar-refractivity contribution in [3.8, 4) is 0 Å². The van der Waals surface area contributed by atoms with Gasteiger partial charge in [-0.15, -0.1) is 0 Å². The molecule has 0 bridgehead atoms. The number of rotatable bonds is 3. The van der Waals surface area contributed by atoms with Crippen molar-refractivity contribution in [2.75, 3.05) is 6.61 Å². The topological polar surface area (TPSA) is 9.23 Å². The van der Waals surface area contributed by atoms with Gasteiger partial charge in [0.1, 0.15) is 0 Å². The first-order chi connectivity index (χ1) is 5.75. The number of hydrogen-bond acceptors (Lipinski definition) is 1. The second-order valence-corrected chi connectivity index (χ2v) is 3.25. The van der Waals surface area contributed by atoms with Crippen LogP contribution < -0.4 is 0 Å². The van der Waals surface area contributed by atoms with Crippen LogP contribution in [0.5, 0.6) is 0 Å². The Balaban J connectivity index is 2.78. The van der Waals surface area contributed by atoms with Gasteiger partial charge in [-0.2, -0.15) is 0 Å². The molecule has 0 saturated carbocycles. The average Bonchev–Trinajstić information content (AvgIpc) is 2.08. The lowest BCUT2D eigenvalue weighted by atomic mass is 10.0. The van der Waals surface area contributed by atoms with Crippen molar-refractivity contribution in [3.05, 3.63) is 34.9 Å². The molecule has 0 heterocycles. The van der Waals surface area contributed by atoms with Gasteiger partial charge in [-0.3, -0.25) is 0 Å². The standard InChI is InChI=1S/C10H13OSi/c1-8-4-3-5-10(9(8)2)6-7-11-12/h3-5H,6-7H2,1-2H3. The largest absolute Gasteiger partial charge is 0.418 e. The molecule has 0 atom stereocenters. The lowest BCUT2D eigenvalue weighted by molar-refractivity contribution is 0.354. The highest BCUT2D eigenvalue weighted by atomic mass is 28.2. The molecule has 12 heavy (non-hydrogen) atoms. The van der Waals surface area contributed by atoms with Crippen LogP contribution in [0.15, 0.2) is 18.2 Å². The van der Waals surface area contributed by atoms with Crippen LogP contribution in [0, 0.1) is 13.8 Å². The fourth-order valence-electron chi connectivity index (χ4n) is 1.24. The van der Waals surface area contributed by atoms with E-state index >= 15 is 0 Å². The fourth-order valence-corrected chi connectivity index (χ4v) is 1.35. The van der Waals surface area contributed by atoms with E-state index in [9.17, 15) is 0 Å². The lowest BCUT2D eigenvalue weighted by Gasteiger charge is -2.07. The number of hydrogen-bond donors (Lipinski definition) is 0. The molecule has 0 saturated heterocycles. The van der Waals surface area contributed by atoms with Gasteiger partial charge in [0.05, 0.1) is 0 Å². The molecule has 63 valence electrons. The summed E-state index contributed by atoms with van der Waals surface area (Å²) in [7, 11) is 2.99. The maximum absolute atomic E-state index is 4.85. The van der Waals surface area contributed by atoms with Crippen molar-refractivity contribution >= 4 is 10.5 Å². The predicted molar refractivity (Wildman–Crippen MR) is 51.3 cm³/mol. The van der Waals surface area contributed by atoms with Gasteiger partial charge in [-0.05, 0) is 37.0 Å². The third kappa shape index (κ3) is 2.19. The second kappa shape index (κ2) is 4.43. The average molecular weight is 177 g/mol. The molecular formula is C10H13OSi. The molecule has 1 rings (SSSR count). The molecule has 2 heteroatoms. The highest BCUT2D eigenvalue weighted by molar-refractivity contribution is 5.97. The van der Waals surface area contributed by atoms with E-state index in [2.05, 4.69) is 42.5 Å². The van der Waals surface area contributed by atoms with Crippen molar-refractivity contribution in [1.82, 2.24) is 0 Å². The molecule has 0 fully saturated rings. The molecule has 0 amide bonds. The van der Waals surface area contributed by atoms with Crippen molar-refractivity contribution in [1.29, 1.82) is 0 Å². The van der Waals surface area contributed by atoms with Gasteiger partial charge in [0.25, 0.3) is 0 Å². The van der Waals surface area contributed by atoms with Gasteiger partial charge >= 0.3 is 0 Å². The van der Waals surface area contributed by atoms with E-state index in [1.807, 2.05) is 0 Å². The molecular weight excluding hydrogens is 164 g/mol. The molecule has 1 nitrogen and oxygen atoms in total. The lowest BCUT2D eigenvalue weighted by Crippen LogP contribution is -1.98. The molecule has 0 N–H and O–H groups in total. The zero-order chi connectivity index (χ0) is 8.97. The zero-order valence-electron chi connectivity index (χ0n) is 7.55. The minimum atomic E-state index is 0.723. The molecule has 3 radical (unpaired) electrons. The van der Waals surface area contributed by atoms with E-state index in [1.54, 1.807) is 0 Å². The molecule has 0 aliphatic heterocycles. The second-order valence-electron chi connectivity index (χ2n) is 2.96. The third-order valence-corrected chi connectivity index (χ3v) is 2.39. The van der Waals surface area contributed by atoms with Crippen LogP contribution in [-0.2, 0) is 10.8 Å². The van der Waals surface area contributed by atoms with Gasteiger partial charge in [-0.1, -0.05) is 18.2 Å². The third-order valence-electron chi connectivity index (χ3n) is 2.19. The fraction of sp³-hybridized carbons (Fsp3) is 0.400. The maximum Gasteiger partial charge on any atom is 0.246 e. The van der Waals surface area contributed by atoms with Crippen LogP contribution in [0.1, 0.15) is 16.7 Å². The monoisotopic (exact) mass is 177 g/mol. The Labute approximate surface area is 77.3 Å².